The maximum atomic E-state index is 13.6. The molecule has 0 saturated carbocycles. The predicted molar refractivity (Wildman–Crippen MR) is 153 cm³/mol. The quantitative estimate of drug-likeness (QED) is 0.253. The first-order chi connectivity index (χ1) is 19.0. The van der Waals surface area contributed by atoms with Gasteiger partial charge in [-0.3, -0.25) is 9.59 Å². The van der Waals surface area contributed by atoms with Gasteiger partial charge in [-0.25, -0.2) is 0 Å². The van der Waals surface area contributed by atoms with Gasteiger partial charge >= 0.3 is 0 Å². The lowest BCUT2D eigenvalue weighted by Crippen LogP contribution is -2.29. The Hall–Kier alpha value is -4.46. The third kappa shape index (κ3) is 4.85. The van der Waals surface area contributed by atoms with Crippen molar-refractivity contribution in [2.75, 3.05) is 32.9 Å². The summed E-state index contributed by atoms with van der Waals surface area (Å²) in [6.45, 7) is 6.47. The molecule has 3 aromatic carbocycles. The second-order valence-corrected chi connectivity index (χ2v) is 11.3. The number of ether oxygens (including phenoxy) is 3. The third-order valence-corrected chi connectivity index (χ3v) is 7.38. The number of hydrogen-bond donors (Lipinski definition) is 1. The highest BCUT2D eigenvalue weighted by Crippen LogP contribution is 2.43. The van der Waals surface area contributed by atoms with Crippen LogP contribution in [0.15, 0.2) is 66.2 Å². The molecule has 1 fully saturated rings. The van der Waals surface area contributed by atoms with Crippen LogP contribution in [-0.2, 0) is 21.5 Å². The van der Waals surface area contributed by atoms with Gasteiger partial charge in [0.1, 0.15) is 11.5 Å². The van der Waals surface area contributed by atoms with Gasteiger partial charge in [0.15, 0.2) is 11.5 Å². The zero-order valence-corrected chi connectivity index (χ0v) is 23.6. The summed E-state index contributed by atoms with van der Waals surface area (Å²) in [6, 6.07) is 17.8. The van der Waals surface area contributed by atoms with Gasteiger partial charge in [0.2, 0.25) is 6.79 Å². The number of fused-ring (bicyclic) bond motifs is 1. The predicted octanol–water partition coefficient (Wildman–Crippen LogP) is 5.41. The van der Waals surface area contributed by atoms with E-state index in [0.29, 0.717) is 28.4 Å². The number of anilines is 1. The minimum absolute atomic E-state index is 0.0210. The Morgan fingerprint density at radius 1 is 1.00 bits per heavy atom. The zero-order chi connectivity index (χ0) is 28.8. The zero-order valence-electron chi connectivity index (χ0n) is 23.6. The van der Waals surface area contributed by atoms with E-state index in [1.54, 1.807) is 12.1 Å². The summed E-state index contributed by atoms with van der Waals surface area (Å²) < 4.78 is 16.5. The maximum absolute atomic E-state index is 13.6. The molecule has 0 bridgehead atoms. The molecular weight excluding hydrogens is 508 g/mol. The van der Waals surface area contributed by atoms with E-state index in [1.165, 1.54) is 12.0 Å². The average Bonchev–Trinajstić information content (AvgIpc) is 3.50. The molecule has 1 amide bonds. The first kappa shape index (κ1) is 27.1. The Kier molecular flexibility index (Phi) is 6.96. The topological polar surface area (TPSA) is 88.5 Å². The molecule has 0 radical (unpaired) electrons. The standard InChI is InChI=1S/C32H34N2O6/c1-32(2,3)21-10-14-24(38-6)23(16-21)29(35)27-28(20-8-11-22(12-9-20)33(4)5)34(31(37)30(27)36)17-19-7-13-25-26(15-19)40-18-39-25/h7-16,28,35H,17-18H2,1-6H3/b29-27+. The SMILES string of the molecule is COc1ccc(C(C)(C)C)cc1/C(O)=C1\C(=O)C(=O)N(Cc2ccc3c(c2)OCO3)C1c1ccc(N(C)C)cc1. The number of amides is 1. The van der Waals surface area contributed by atoms with Crippen molar-refractivity contribution in [1.82, 2.24) is 4.90 Å². The average molecular weight is 543 g/mol. The van der Waals surface area contributed by atoms with Crippen molar-refractivity contribution in [3.8, 4) is 17.2 Å². The number of methoxy groups -OCH3 is 1. The van der Waals surface area contributed by atoms with Gasteiger partial charge in [-0.2, -0.15) is 0 Å². The number of carbonyl (C=O) groups is 2. The van der Waals surface area contributed by atoms with Crippen molar-refractivity contribution in [3.05, 3.63) is 88.5 Å². The van der Waals surface area contributed by atoms with Gasteiger partial charge in [0, 0.05) is 26.3 Å². The largest absolute Gasteiger partial charge is 0.507 e. The highest BCUT2D eigenvalue weighted by atomic mass is 16.7. The Morgan fingerprint density at radius 3 is 2.35 bits per heavy atom. The number of likely N-dealkylation sites (tertiary alicyclic amines) is 1. The van der Waals surface area contributed by atoms with Crippen LogP contribution >= 0.6 is 0 Å². The Bertz CT molecular complexity index is 1500. The first-order valence-electron chi connectivity index (χ1n) is 13.1. The molecule has 1 N–H and O–H groups in total. The van der Waals surface area contributed by atoms with Crippen LogP contribution < -0.4 is 19.1 Å². The van der Waals surface area contributed by atoms with Gasteiger partial charge in [-0.15, -0.1) is 0 Å². The molecule has 40 heavy (non-hydrogen) atoms. The number of Topliss-reactive ketones (excluding diaryl/α,β-unsaturated/α-hetero) is 1. The summed E-state index contributed by atoms with van der Waals surface area (Å²) in [7, 11) is 5.39. The van der Waals surface area contributed by atoms with Crippen LogP contribution in [-0.4, -0.2) is 49.7 Å². The fraction of sp³-hybridized carbons (Fsp3) is 0.312. The first-order valence-corrected chi connectivity index (χ1v) is 13.1. The number of aliphatic hydroxyl groups is 1. The normalized spacial score (nSPS) is 17.9. The number of ketones is 1. The molecule has 1 atom stereocenters. The van der Waals surface area contributed by atoms with E-state index in [9.17, 15) is 14.7 Å². The molecule has 0 spiro atoms. The molecule has 2 heterocycles. The minimum Gasteiger partial charge on any atom is -0.507 e. The molecule has 0 aliphatic carbocycles. The lowest BCUT2D eigenvalue weighted by molar-refractivity contribution is -0.140. The van der Waals surface area contributed by atoms with Crippen LogP contribution in [0.1, 0.15) is 49.1 Å². The maximum Gasteiger partial charge on any atom is 0.295 e. The Labute approximate surface area is 234 Å². The van der Waals surface area contributed by atoms with Crippen LogP contribution in [0.25, 0.3) is 5.76 Å². The summed E-state index contributed by atoms with van der Waals surface area (Å²) in [5.74, 6) is -0.0718. The summed E-state index contributed by atoms with van der Waals surface area (Å²) >= 11 is 0. The van der Waals surface area contributed by atoms with E-state index in [-0.39, 0.29) is 30.1 Å². The van der Waals surface area contributed by atoms with E-state index in [4.69, 9.17) is 14.2 Å². The van der Waals surface area contributed by atoms with E-state index in [2.05, 4.69) is 20.8 Å². The second kappa shape index (κ2) is 10.3. The molecule has 2 aliphatic heterocycles. The fourth-order valence-electron chi connectivity index (χ4n) is 5.09. The second-order valence-electron chi connectivity index (χ2n) is 11.3. The molecule has 208 valence electrons. The van der Waals surface area contributed by atoms with Crippen molar-refractivity contribution in [2.45, 2.75) is 38.8 Å². The van der Waals surface area contributed by atoms with Crippen LogP contribution in [0.5, 0.6) is 17.2 Å². The lowest BCUT2D eigenvalue weighted by atomic mass is 9.85. The Balaban J connectivity index is 1.66. The highest BCUT2D eigenvalue weighted by molar-refractivity contribution is 6.46. The molecule has 0 aromatic heterocycles. The van der Waals surface area contributed by atoms with Crippen molar-refractivity contribution < 1.29 is 28.9 Å². The smallest absolute Gasteiger partial charge is 0.295 e. The number of rotatable bonds is 6. The summed E-state index contributed by atoms with van der Waals surface area (Å²) in [5, 5.41) is 11.8. The van der Waals surface area contributed by atoms with Crippen LogP contribution in [0, 0.1) is 0 Å². The number of aliphatic hydroxyl groups excluding tert-OH is 1. The van der Waals surface area contributed by atoms with Crippen LogP contribution in [0.3, 0.4) is 0 Å². The van der Waals surface area contributed by atoms with E-state index in [0.717, 1.165) is 16.8 Å². The number of hydrogen-bond acceptors (Lipinski definition) is 7. The molecule has 1 saturated heterocycles. The van der Waals surface area contributed by atoms with Gasteiger partial charge in [-0.1, -0.05) is 45.0 Å². The van der Waals surface area contributed by atoms with Crippen LogP contribution in [0.2, 0.25) is 0 Å². The van der Waals surface area contributed by atoms with E-state index in [1.807, 2.05) is 67.5 Å². The molecule has 1 unspecified atom stereocenters. The monoisotopic (exact) mass is 542 g/mol. The van der Waals surface area contributed by atoms with Crippen molar-refractivity contribution in [1.29, 1.82) is 0 Å². The number of benzene rings is 3. The minimum atomic E-state index is -0.815. The lowest BCUT2D eigenvalue weighted by Gasteiger charge is -2.26. The highest BCUT2D eigenvalue weighted by Gasteiger charge is 2.46. The van der Waals surface area contributed by atoms with Crippen molar-refractivity contribution >= 4 is 23.1 Å². The molecule has 8 nitrogen and oxygen atoms in total. The van der Waals surface area contributed by atoms with Gasteiger partial charge in [0.05, 0.1) is 24.3 Å². The molecule has 2 aliphatic rings. The molecule has 5 rings (SSSR count). The summed E-state index contributed by atoms with van der Waals surface area (Å²) in [5.41, 5.74) is 3.58. The van der Waals surface area contributed by atoms with Gasteiger partial charge in [-0.05, 0) is 58.5 Å². The van der Waals surface area contributed by atoms with Crippen LogP contribution in [0.4, 0.5) is 5.69 Å². The van der Waals surface area contributed by atoms with Gasteiger partial charge < -0.3 is 29.1 Å². The van der Waals surface area contributed by atoms with Crippen molar-refractivity contribution in [2.24, 2.45) is 0 Å². The summed E-state index contributed by atoms with van der Waals surface area (Å²) in [4.78, 5) is 30.7. The molecule has 8 heteroatoms. The van der Waals surface area contributed by atoms with Gasteiger partial charge in [0.25, 0.3) is 11.7 Å². The third-order valence-electron chi connectivity index (χ3n) is 7.38. The number of nitrogens with zero attached hydrogens (tertiary/aromatic N) is 2. The Morgan fingerprint density at radius 2 is 1.70 bits per heavy atom. The number of carbonyl (C=O) groups excluding carboxylic acids is 2. The van der Waals surface area contributed by atoms with E-state index < -0.39 is 17.7 Å². The van der Waals surface area contributed by atoms with Crippen molar-refractivity contribution in [3.63, 3.8) is 0 Å². The fourth-order valence-corrected chi connectivity index (χ4v) is 5.09. The molecule has 3 aromatic rings. The van der Waals surface area contributed by atoms with E-state index >= 15 is 0 Å². The molecular formula is C32H34N2O6. The summed E-state index contributed by atoms with van der Waals surface area (Å²) in [6.07, 6.45) is 0.